The average molecular weight is 135 g/mol. The molecule has 1 rings (SSSR count). The Hall–Kier alpha value is -0.985. The van der Waals surface area contributed by atoms with E-state index in [9.17, 15) is 4.79 Å². The summed E-state index contributed by atoms with van der Waals surface area (Å²) in [5.41, 5.74) is 1.20. The minimum atomic E-state index is 0.0769. The largest absolute Gasteiger partial charge is 0.316 e. The first-order valence-electron chi connectivity index (χ1n) is 3.41. The van der Waals surface area contributed by atoms with E-state index in [0.29, 0.717) is 0 Å². The normalized spacial score (nSPS) is 9.70. The van der Waals surface area contributed by atoms with Crippen LogP contribution in [0, 0.1) is 0 Å². The van der Waals surface area contributed by atoms with Crippen molar-refractivity contribution >= 4 is 13.3 Å². The molecule has 0 aliphatic heterocycles. The van der Waals surface area contributed by atoms with Crippen LogP contribution in [-0.4, -0.2) is 12.4 Å². The van der Waals surface area contributed by atoms with Gasteiger partial charge >= 0.3 is 0 Å². The van der Waals surface area contributed by atoms with Gasteiger partial charge in [-0.25, -0.2) is 0 Å². The molecule has 0 N–H and O–H groups in total. The Kier molecular flexibility index (Phi) is 1.95. The predicted molar refractivity (Wildman–Crippen MR) is 44.6 cm³/mol. The van der Waals surface area contributed by atoms with Crippen LogP contribution < -0.4 is 11.0 Å². The second kappa shape index (κ2) is 2.73. The summed E-state index contributed by atoms with van der Waals surface area (Å²) in [4.78, 5) is 11.0. The summed E-state index contributed by atoms with van der Waals surface area (Å²) in [6, 6.07) is 3.42. The van der Waals surface area contributed by atoms with E-state index in [4.69, 9.17) is 0 Å². The molecule has 0 radical (unpaired) electrons. The number of rotatable bonds is 1. The highest BCUT2D eigenvalue weighted by molar-refractivity contribution is 6.32. The molecule has 10 heavy (non-hydrogen) atoms. The van der Waals surface area contributed by atoms with E-state index in [0.717, 1.165) is 12.0 Å². The smallest absolute Gasteiger partial charge is 0.250 e. The maximum Gasteiger partial charge on any atom is 0.250 e. The maximum absolute atomic E-state index is 11.0. The molecule has 1 aromatic rings. The molecule has 1 heterocycles. The van der Waals surface area contributed by atoms with Crippen molar-refractivity contribution < 1.29 is 0 Å². The molecule has 0 unspecified atom stereocenters. The lowest BCUT2D eigenvalue weighted by Gasteiger charge is -2.00. The molecule has 0 aliphatic rings. The quantitative estimate of drug-likeness (QED) is 0.458. The molecule has 3 heteroatoms. The molecule has 0 saturated heterocycles. The van der Waals surface area contributed by atoms with E-state index in [1.807, 2.05) is 27.0 Å². The van der Waals surface area contributed by atoms with Crippen molar-refractivity contribution in [2.75, 3.05) is 0 Å². The summed E-state index contributed by atoms with van der Waals surface area (Å²) in [6.07, 6.45) is 1.86. The van der Waals surface area contributed by atoms with Gasteiger partial charge in [-0.2, -0.15) is 0 Å². The molecule has 0 spiro atoms. The van der Waals surface area contributed by atoms with Crippen molar-refractivity contribution in [3.05, 3.63) is 28.7 Å². The molecule has 0 aliphatic carbocycles. The lowest BCUT2D eigenvalue weighted by molar-refractivity contribution is 0.730. The summed E-state index contributed by atoms with van der Waals surface area (Å²) in [5, 5.41) is 0. The Morgan fingerprint density at radius 2 is 2.30 bits per heavy atom. The van der Waals surface area contributed by atoms with Gasteiger partial charge in [0.2, 0.25) is 5.56 Å². The van der Waals surface area contributed by atoms with Gasteiger partial charge in [-0.3, -0.25) is 4.79 Å². The van der Waals surface area contributed by atoms with Crippen LogP contribution in [0.1, 0.15) is 6.92 Å². The first-order chi connectivity index (χ1) is 4.74. The number of hydrogen-bond acceptors (Lipinski definition) is 1. The molecular weight excluding hydrogens is 125 g/mol. The highest BCUT2D eigenvalue weighted by Gasteiger charge is 1.90. The fraction of sp³-hybridized carbons (Fsp3) is 0.286. The third-order valence-corrected chi connectivity index (χ3v) is 1.47. The predicted octanol–water partition coefficient (Wildman–Crippen LogP) is -0.873. The van der Waals surface area contributed by atoms with Crippen LogP contribution in [0.3, 0.4) is 0 Å². The highest BCUT2D eigenvalue weighted by atomic mass is 16.1. The van der Waals surface area contributed by atoms with Gasteiger partial charge in [0.05, 0.1) is 0 Å². The summed E-state index contributed by atoms with van der Waals surface area (Å²) >= 11 is 0. The van der Waals surface area contributed by atoms with Crippen molar-refractivity contribution in [1.82, 2.24) is 4.57 Å². The minimum Gasteiger partial charge on any atom is -0.316 e. The molecule has 0 saturated carbocycles. The van der Waals surface area contributed by atoms with E-state index in [1.165, 1.54) is 0 Å². The number of hydrogen-bond donors (Lipinski definition) is 0. The van der Waals surface area contributed by atoms with Gasteiger partial charge in [0.15, 0.2) is 0 Å². The number of aryl methyl sites for hydroxylation is 1. The third kappa shape index (κ3) is 1.29. The molecule has 0 amide bonds. The highest BCUT2D eigenvalue weighted by Crippen LogP contribution is 1.75. The second-order valence-corrected chi connectivity index (χ2v) is 2.33. The standard InChI is InChI=1S/C7H10BNO/c1-2-9-5-6(8)3-4-7(9)10/h3-5H,2,8H2,1H3. The van der Waals surface area contributed by atoms with Gasteiger partial charge in [-0.15, -0.1) is 0 Å². The van der Waals surface area contributed by atoms with Crippen LogP contribution in [-0.2, 0) is 6.54 Å². The number of nitrogens with zero attached hydrogens (tertiary/aromatic N) is 1. The topological polar surface area (TPSA) is 22.0 Å². The van der Waals surface area contributed by atoms with E-state index in [1.54, 1.807) is 10.6 Å². The minimum absolute atomic E-state index is 0.0769. The van der Waals surface area contributed by atoms with Crippen molar-refractivity contribution in [2.24, 2.45) is 0 Å². The molecule has 2 nitrogen and oxygen atoms in total. The Labute approximate surface area is 60.9 Å². The zero-order chi connectivity index (χ0) is 7.56. The van der Waals surface area contributed by atoms with Crippen molar-refractivity contribution in [1.29, 1.82) is 0 Å². The van der Waals surface area contributed by atoms with Gasteiger partial charge in [-0.05, 0) is 6.92 Å². The maximum atomic E-state index is 11.0. The van der Waals surface area contributed by atoms with E-state index < -0.39 is 0 Å². The lowest BCUT2D eigenvalue weighted by atomic mass is 9.99. The van der Waals surface area contributed by atoms with Crippen LogP contribution in [0.2, 0.25) is 0 Å². The first-order valence-corrected chi connectivity index (χ1v) is 3.41. The summed E-state index contributed by atoms with van der Waals surface area (Å²) < 4.78 is 1.69. The lowest BCUT2D eigenvalue weighted by Crippen LogP contribution is -2.22. The summed E-state index contributed by atoms with van der Waals surface area (Å²) in [7, 11) is 1.98. The van der Waals surface area contributed by atoms with Gasteiger partial charge in [0.25, 0.3) is 0 Å². The van der Waals surface area contributed by atoms with E-state index >= 15 is 0 Å². The number of aromatic nitrogens is 1. The van der Waals surface area contributed by atoms with Gasteiger partial charge in [0.1, 0.15) is 7.85 Å². The van der Waals surface area contributed by atoms with E-state index in [-0.39, 0.29) is 5.56 Å². The molecule has 52 valence electrons. The zero-order valence-corrected chi connectivity index (χ0v) is 6.29. The first kappa shape index (κ1) is 7.13. The fourth-order valence-corrected chi connectivity index (χ4v) is 0.898. The van der Waals surface area contributed by atoms with Crippen LogP contribution in [0.15, 0.2) is 23.1 Å². The second-order valence-electron chi connectivity index (χ2n) is 2.33. The molecule has 0 fully saturated rings. The molecule has 0 aromatic carbocycles. The summed E-state index contributed by atoms with van der Waals surface area (Å²) in [6.45, 7) is 2.71. The summed E-state index contributed by atoms with van der Waals surface area (Å²) in [5.74, 6) is 0. The van der Waals surface area contributed by atoms with Crippen LogP contribution in [0.5, 0.6) is 0 Å². The number of pyridine rings is 1. The van der Waals surface area contributed by atoms with Crippen molar-refractivity contribution in [2.45, 2.75) is 13.5 Å². The van der Waals surface area contributed by atoms with E-state index in [2.05, 4.69) is 0 Å². The van der Waals surface area contributed by atoms with Gasteiger partial charge in [0, 0.05) is 18.8 Å². The van der Waals surface area contributed by atoms with Crippen molar-refractivity contribution in [3.63, 3.8) is 0 Å². The van der Waals surface area contributed by atoms with Crippen LogP contribution in [0.4, 0.5) is 0 Å². The Bertz CT molecular complexity index is 279. The molecule has 0 atom stereocenters. The Balaban J connectivity index is 3.22. The Morgan fingerprint density at radius 3 is 2.80 bits per heavy atom. The zero-order valence-electron chi connectivity index (χ0n) is 6.29. The van der Waals surface area contributed by atoms with Crippen LogP contribution in [0.25, 0.3) is 0 Å². The van der Waals surface area contributed by atoms with Gasteiger partial charge in [-0.1, -0.05) is 11.5 Å². The Morgan fingerprint density at radius 1 is 1.60 bits per heavy atom. The fourth-order valence-electron chi connectivity index (χ4n) is 0.898. The third-order valence-electron chi connectivity index (χ3n) is 1.47. The molecular formula is C7H10BNO. The van der Waals surface area contributed by atoms with Gasteiger partial charge < -0.3 is 4.57 Å². The SMILES string of the molecule is Bc1ccc(=O)n(CC)c1. The monoisotopic (exact) mass is 135 g/mol. The average Bonchev–Trinajstić information content (AvgIpc) is 1.94. The molecule has 1 aromatic heterocycles. The van der Waals surface area contributed by atoms with Crippen molar-refractivity contribution in [3.8, 4) is 0 Å². The van der Waals surface area contributed by atoms with Crippen LogP contribution >= 0.6 is 0 Å². The molecule has 0 bridgehead atoms.